The highest BCUT2D eigenvalue weighted by atomic mass is 14.1. The summed E-state index contributed by atoms with van der Waals surface area (Å²) < 4.78 is 0. The van der Waals surface area contributed by atoms with Crippen molar-refractivity contribution in [3.63, 3.8) is 0 Å². The van der Waals surface area contributed by atoms with Gasteiger partial charge in [0.05, 0.1) is 0 Å². The maximum Gasteiger partial charge on any atom is -0.00669 e. The van der Waals surface area contributed by atoms with Crippen molar-refractivity contribution in [1.82, 2.24) is 0 Å². The molecule has 0 atom stereocenters. The van der Waals surface area contributed by atoms with Crippen molar-refractivity contribution in [3.05, 3.63) is 53.6 Å². The summed E-state index contributed by atoms with van der Waals surface area (Å²) in [6, 6.07) is 10.6. The predicted octanol–water partition coefficient (Wildman–Crippen LogP) is 3.81. The molecule has 0 amide bonds. The smallest absolute Gasteiger partial charge is 0.00669 e. The topological polar surface area (TPSA) is 0 Å². The molecule has 0 unspecified atom stereocenters. The first-order valence-corrected chi connectivity index (χ1v) is 4.76. The zero-order valence-corrected chi connectivity index (χ0v) is 7.96. The van der Waals surface area contributed by atoms with Crippen LogP contribution in [0, 0.1) is 0 Å². The van der Waals surface area contributed by atoms with Gasteiger partial charge in [0, 0.05) is 0 Å². The van der Waals surface area contributed by atoms with E-state index in [1.165, 1.54) is 16.7 Å². The fraction of sp³-hybridized carbons (Fsp3) is 0.231. The Morgan fingerprint density at radius 1 is 1.00 bits per heavy atom. The first-order chi connectivity index (χ1) is 6.36. The first-order valence-electron chi connectivity index (χ1n) is 4.76. The first kappa shape index (κ1) is 8.31. The molecule has 0 bridgehead atoms. The monoisotopic (exact) mass is 170 g/mol. The molecule has 0 radical (unpaired) electrons. The van der Waals surface area contributed by atoms with E-state index in [2.05, 4.69) is 49.4 Å². The molecule has 0 saturated heterocycles. The highest BCUT2D eigenvalue weighted by molar-refractivity contribution is 5.68. The summed E-state index contributed by atoms with van der Waals surface area (Å²) in [5.74, 6) is 0. The normalized spacial score (nSPS) is 16.4. The molecule has 0 fully saturated rings. The fourth-order valence-electron chi connectivity index (χ4n) is 1.72. The summed E-state index contributed by atoms with van der Waals surface area (Å²) in [7, 11) is 0. The number of benzene rings is 1. The lowest BCUT2D eigenvalue weighted by molar-refractivity contribution is 1.13. The number of rotatable bonds is 1. The summed E-state index contributed by atoms with van der Waals surface area (Å²) >= 11 is 0. The number of hydrogen-bond donors (Lipinski definition) is 0. The Morgan fingerprint density at radius 3 is 2.46 bits per heavy atom. The molecule has 0 heterocycles. The third-order valence-electron chi connectivity index (χ3n) is 2.44. The molecule has 66 valence electrons. The van der Waals surface area contributed by atoms with Crippen molar-refractivity contribution in [2.45, 2.75) is 19.8 Å². The quantitative estimate of drug-likeness (QED) is 0.562. The van der Waals surface area contributed by atoms with Crippen LogP contribution in [0.1, 0.15) is 25.3 Å². The minimum Gasteiger partial charge on any atom is -0.0815 e. The van der Waals surface area contributed by atoms with Crippen LogP contribution >= 0.6 is 0 Å². The van der Waals surface area contributed by atoms with Crippen LogP contribution in [-0.2, 0) is 0 Å². The van der Waals surface area contributed by atoms with Crippen LogP contribution in [-0.4, -0.2) is 0 Å². The van der Waals surface area contributed by atoms with Gasteiger partial charge in [-0.25, -0.2) is 0 Å². The Labute approximate surface area is 79.6 Å². The minimum absolute atomic E-state index is 1.09. The molecule has 0 nitrogen and oxygen atoms in total. The van der Waals surface area contributed by atoms with Gasteiger partial charge >= 0.3 is 0 Å². The summed E-state index contributed by atoms with van der Waals surface area (Å²) in [5, 5.41) is 0. The molecule has 1 aromatic rings. The van der Waals surface area contributed by atoms with Gasteiger partial charge in [-0.2, -0.15) is 0 Å². The van der Waals surface area contributed by atoms with Crippen LogP contribution < -0.4 is 0 Å². The van der Waals surface area contributed by atoms with Gasteiger partial charge in [-0.1, -0.05) is 48.1 Å². The van der Waals surface area contributed by atoms with Crippen molar-refractivity contribution in [2.24, 2.45) is 0 Å². The Hall–Kier alpha value is -1.30. The van der Waals surface area contributed by atoms with Crippen molar-refractivity contribution >= 4 is 5.57 Å². The van der Waals surface area contributed by atoms with Crippen molar-refractivity contribution in [3.8, 4) is 0 Å². The third-order valence-corrected chi connectivity index (χ3v) is 2.44. The predicted molar refractivity (Wildman–Crippen MR) is 57.4 cm³/mol. The molecule has 0 spiro atoms. The van der Waals surface area contributed by atoms with Gasteiger partial charge in [0.25, 0.3) is 0 Å². The van der Waals surface area contributed by atoms with E-state index in [9.17, 15) is 0 Å². The van der Waals surface area contributed by atoms with Gasteiger partial charge < -0.3 is 0 Å². The molecule has 13 heavy (non-hydrogen) atoms. The Morgan fingerprint density at radius 2 is 1.77 bits per heavy atom. The fourth-order valence-corrected chi connectivity index (χ4v) is 1.72. The van der Waals surface area contributed by atoms with Crippen LogP contribution in [0.3, 0.4) is 0 Å². The van der Waals surface area contributed by atoms with Gasteiger partial charge in [0.1, 0.15) is 0 Å². The summed E-state index contributed by atoms with van der Waals surface area (Å²) in [4.78, 5) is 0. The van der Waals surface area contributed by atoms with Crippen LogP contribution in [0.4, 0.5) is 0 Å². The molecule has 0 aromatic heterocycles. The lowest BCUT2D eigenvalue weighted by Gasteiger charge is -2.12. The van der Waals surface area contributed by atoms with Crippen LogP contribution in [0.15, 0.2) is 48.1 Å². The maximum atomic E-state index is 2.32. The second-order valence-electron chi connectivity index (χ2n) is 3.56. The highest BCUT2D eigenvalue weighted by Crippen LogP contribution is 2.26. The molecule has 0 aliphatic heterocycles. The standard InChI is InChI=1S/C13H14/c1-11-6-5-9-13(10-11)12-7-3-2-4-8-12/h2-4,6-9H,5,10H2,1H3. The van der Waals surface area contributed by atoms with E-state index >= 15 is 0 Å². The summed E-state index contributed by atoms with van der Waals surface area (Å²) in [6.45, 7) is 2.20. The van der Waals surface area contributed by atoms with Crippen molar-refractivity contribution < 1.29 is 0 Å². The van der Waals surface area contributed by atoms with E-state index in [4.69, 9.17) is 0 Å². The summed E-state index contributed by atoms with van der Waals surface area (Å²) in [6.07, 6.45) is 6.83. The van der Waals surface area contributed by atoms with E-state index < -0.39 is 0 Å². The van der Waals surface area contributed by atoms with Gasteiger partial charge in [-0.15, -0.1) is 0 Å². The second kappa shape index (κ2) is 3.61. The van der Waals surface area contributed by atoms with E-state index in [0.29, 0.717) is 0 Å². The van der Waals surface area contributed by atoms with E-state index in [0.717, 1.165) is 12.8 Å². The molecule has 1 aromatic carbocycles. The molecular formula is C13H14. The van der Waals surface area contributed by atoms with E-state index in [1.54, 1.807) is 0 Å². The van der Waals surface area contributed by atoms with Crippen LogP contribution in [0.25, 0.3) is 5.57 Å². The lowest BCUT2D eigenvalue weighted by Crippen LogP contribution is -1.90. The maximum absolute atomic E-state index is 2.32. The molecule has 0 N–H and O–H groups in total. The minimum atomic E-state index is 1.09. The van der Waals surface area contributed by atoms with Crippen LogP contribution in [0.2, 0.25) is 0 Å². The Kier molecular flexibility index (Phi) is 2.31. The lowest BCUT2D eigenvalue weighted by atomic mass is 9.94. The molecule has 1 aliphatic carbocycles. The van der Waals surface area contributed by atoms with Crippen molar-refractivity contribution in [1.29, 1.82) is 0 Å². The Balaban J connectivity index is 2.24. The van der Waals surface area contributed by atoms with E-state index in [-0.39, 0.29) is 0 Å². The molecule has 0 heteroatoms. The van der Waals surface area contributed by atoms with Gasteiger partial charge in [-0.3, -0.25) is 0 Å². The van der Waals surface area contributed by atoms with E-state index in [1.807, 2.05) is 0 Å². The third kappa shape index (κ3) is 1.89. The number of allylic oxidation sites excluding steroid dienone is 4. The Bertz CT molecular complexity index is 342. The van der Waals surface area contributed by atoms with Gasteiger partial charge in [-0.05, 0) is 30.9 Å². The summed E-state index contributed by atoms with van der Waals surface area (Å²) in [5.41, 5.74) is 4.33. The molecular weight excluding hydrogens is 156 g/mol. The molecule has 0 saturated carbocycles. The van der Waals surface area contributed by atoms with Gasteiger partial charge in [0.15, 0.2) is 0 Å². The molecule has 1 aliphatic rings. The SMILES string of the molecule is CC1=CCC=C(c2ccccc2)C1. The second-order valence-corrected chi connectivity index (χ2v) is 3.56. The highest BCUT2D eigenvalue weighted by Gasteiger charge is 2.04. The average Bonchev–Trinajstić information content (AvgIpc) is 2.19. The zero-order valence-electron chi connectivity index (χ0n) is 7.96. The number of hydrogen-bond acceptors (Lipinski definition) is 0. The van der Waals surface area contributed by atoms with Crippen molar-refractivity contribution in [2.75, 3.05) is 0 Å². The zero-order chi connectivity index (χ0) is 9.10. The van der Waals surface area contributed by atoms with Crippen LogP contribution in [0.5, 0.6) is 0 Å². The molecule has 2 rings (SSSR count). The largest absolute Gasteiger partial charge is 0.0815 e. The van der Waals surface area contributed by atoms with Gasteiger partial charge in [0.2, 0.25) is 0 Å². The average molecular weight is 170 g/mol.